The number of hydrogen-bond acceptors (Lipinski definition) is 5. The molecule has 0 aromatic rings. The van der Waals surface area contributed by atoms with E-state index in [1.807, 2.05) is 0 Å². The summed E-state index contributed by atoms with van der Waals surface area (Å²) >= 11 is 0. The van der Waals surface area contributed by atoms with Gasteiger partial charge in [0.2, 0.25) is 5.91 Å². The summed E-state index contributed by atoms with van der Waals surface area (Å²) in [5.41, 5.74) is 0. The topological polar surface area (TPSA) is 95.9 Å². The van der Waals surface area contributed by atoms with Crippen molar-refractivity contribution in [2.45, 2.75) is 398 Å². The van der Waals surface area contributed by atoms with Gasteiger partial charge in [0.15, 0.2) is 0 Å². The zero-order valence-electron chi connectivity index (χ0n) is 51.5. The highest BCUT2D eigenvalue weighted by Gasteiger charge is 2.20. The average molecular weight is 1070 g/mol. The van der Waals surface area contributed by atoms with E-state index in [2.05, 4.69) is 43.5 Å². The van der Waals surface area contributed by atoms with Gasteiger partial charge in [0.05, 0.1) is 25.4 Å². The fourth-order valence-electron chi connectivity index (χ4n) is 11.0. The van der Waals surface area contributed by atoms with Crippen molar-refractivity contribution in [1.82, 2.24) is 5.32 Å². The fraction of sp³-hybridized carbons (Fsp3) is 0.914. The van der Waals surface area contributed by atoms with Crippen LogP contribution in [0.25, 0.3) is 0 Å². The summed E-state index contributed by atoms with van der Waals surface area (Å²) in [7, 11) is 0. The number of hydrogen-bond donors (Lipinski definition) is 3. The molecule has 0 heterocycles. The number of allylic oxidation sites excluding steroid dienone is 4. The smallest absolute Gasteiger partial charge is 0.305 e. The van der Waals surface area contributed by atoms with Crippen LogP contribution in [0.5, 0.6) is 0 Å². The number of carbonyl (C=O) groups is 2. The Morgan fingerprint density at radius 1 is 0.368 bits per heavy atom. The van der Waals surface area contributed by atoms with E-state index >= 15 is 0 Å². The van der Waals surface area contributed by atoms with Crippen LogP contribution in [0.1, 0.15) is 386 Å². The SMILES string of the molecule is CCCCCCCCCCCCCCCCCCC(=O)OCCCCCCCCCCC/C=C\C/C=C\CCCCCCCCCCCCCCCCCCCC(=O)NC(CO)C(O)CCCCCCCCCCCC. The minimum absolute atomic E-state index is 0.0182. The van der Waals surface area contributed by atoms with Crippen LogP contribution in [0.3, 0.4) is 0 Å². The van der Waals surface area contributed by atoms with E-state index in [1.54, 1.807) is 0 Å². The van der Waals surface area contributed by atoms with E-state index in [0.29, 0.717) is 25.9 Å². The molecule has 3 N–H and O–H groups in total. The largest absolute Gasteiger partial charge is 0.466 e. The highest BCUT2D eigenvalue weighted by molar-refractivity contribution is 5.76. The van der Waals surface area contributed by atoms with Gasteiger partial charge < -0.3 is 20.3 Å². The Labute approximate surface area is 475 Å². The van der Waals surface area contributed by atoms with Crippen LogP contribution >= 0.6 is 0 Å². The standard InChI is InChI=1S/C70H135NO5/c1-3-5-7-9-11-13-15-16-17-38-41-44-48-52-56-60-64-70(75)76-65-61-57-53-49-45-42-39-36-34-32-30-28-26-24-22-20-18-19-21-23-25-27-29-31-33-35-37-40-43-47-51-55-59-63-69(74)71-67(66-72)68(73)62-58-54-50-46-14-12-10-8-6-4-2/h22,24,28,30,67-68,72-73H,3-21,23,25-27,29,31-66H2,1-2H3,(H,71,74)/b24-22-,30-28-. The number of aliphatic hydroxyl groups excluding tert-OH is 2. The normalized spacial score (nSPS) is 12.6. The molecule has 0 saturated carbocycles. The molecular formula is C70H135NO5. The van der Waals surface area contributed by atoms with Crippen molar-refractivity contribution in [3.63, 3.8) is 0 Å². The zero-order chi connectivity index (χ0) is 55.0. The maximum absolute atomic E-state index is 12.4. The van der Waals surface area contributed by atoms with Gasteiger partial charge in [0.25, 0.3) is 0 Å². The molecule has 0 fully saturated rings. The Bertz CT molecular complexity index is 1190. The molecule has 2 unspecified atom stereocenters. The fourth-order valence-corrected chi connectivity index (χ4v) is 11.0. The molecule has 0 aliphatic heterocycles. The van der Waals surface area contributed by atoms with Crippen LogP contribution in [0.2, 0.25) is 0 Å². The van der Waals surface area contributed by atoms with Gasteiger partial charge in [-0.3, -0.25) is 9.59 Å². The number of ether oxygens (including phenoxy) is 1. The molecule has 0 aromatic carbocycles. The molecule has 0 spiro atoms. The molecule has 0 aliphatic rings. The summed E-state index contributed by atoms with van der Waals surface area (Å²) in [5.74, 6) is -0.0149. The van der Waals surface area contributed by atoms with E-state index in [-0.39, 0.29) is 18.5 Å². The molecule has 6 nitrogen and oxygen atoms in total. The number of nitrogens with one attached hydrogen (secondary N) is 1. The Morgan fingerprint density at radius 2 is 0.658 bits per heavy atom. The van der Waals surface area contributed by atoms with Crippen LogP contribution in [0.15, 0.2) is 24.3 Å². The number of amides is 1. The van der Waals surface area contributed by atoms with Gasteiger partial charge in [0.1, 0.15) is 0 Å². The summed E-state index contributed by atoms with van der Waals surface area (Å²) in [5, 5.41) is 23.2. The molecule has 76 heavy (non-hydrogen) atoms. The molecule has 0 aliphatic carbocycles. The Kier molecular flexibility index (Phi) is 64.4. The van der Waals surface area contributed by atoms with Crippen LogP contribution in [0.4, 0.5) is 0 Å². The Morgan fingerprint density at radius 3 is 1.00 bits per heavy atom. The highest BCUT2D eigenvalue weighted by Crippen LogP contribution is 2.19. The minimum atomic E-state index is -0.661. The average Bonchev–Trinajstić information content (AvgIpc) is 3.42. The second-order valence-corrected chi connectivity index (χ2v) is 23.9. The van der Waals surface area contributed by atoms with E-state index in [4.69, 9.17) is 4.74 Å². The molecule has 0 saturated heterocycles. The highest BCUT2D eigenvalue weighted by atomic mass is 16.5. The molecule has 0 aromatic heterocycles. The number of carbonyl (C=O) groups excluding carboxylic acids is 2. The van der Waals surface area contributed by atoms with E-state index < -0.39 is 12.1 Å². The van der Waals surface area contributed by atoms with E-state index in [9.17, 15) is 19.8 Å². The van der Waals surface area contributed by atoms with Crippen molar-refractivity contribution < 1.29 is 24.5 Å². The summed E-state index contributed by atoms with van der Waals surface area (Å²) < 4.78 is 5.50. The predicted molar refractivity (Wildman–Crippen MR) is 333 cm³/mol. The number of esters is 1. The first-order valence-electron chi connectivity index (χ1n) is 34.6. The zero-order valence-corrected chi connectivity index (χ0v) is 51.5. The maximum atomic E-state index is 12.4. The summed E-state index contributed by atoms with van der Waals surface area (Å²) in [4.78, 5) is 24.5. The van der Waals surface area contributed by atoms with Crippen LogP contribution in [0, 0.1) is 0 Å². The molecule has 0 rings (SSSR count). The molecule has 450 valence electrons. The van der Waals surface area contributed by atoms with Gasteiger partial charge >= 0.3 is 5.97 Å². The minimum Gasteiger partial charge on any atom is -0.466 e. The molecule has 6 heteroatoms. The van der Waals surface area contributed by atoms with Gasteiger partial charge in [-0.25, -0.2) is 0 Å². The maximum Gasteiger partial charge on any atom is 0.305 e. The van der Waals surface area contributed by atoms with E-state index in [1.165, 1.54) is 308 Å². The molecule has 2 atom stereocenters. The number of rotatable bonds is 65. The lowest BCUT2D eigenvalue weighted by Gasteiger charge is -2.22. The summed E-state index contributed by atoms with van der Waals surface area (Å²) in [6.07, 6.45) is 82.4. The van der Waals surface area contributed by atoms with E-state index in [0.717, 1.165) is 44.9 Å². The van der Waals surface area contributed by atoms with Gasteiger partial charge in [-0.2, -0.15) is 0 Å². The van der Waals surface area contributed by atoms with Crippen LogP contribution < -0.4 is 5.32 Å². The first-order chi connectivity index (χ1) is 37.5. The van der Waals surface area contributed by atoms with Gasteiger partial charge in [-0.1, -0.05) is 340 Å². The van der Waals surface area contributed by atoms with Crippen molar-refractivity contribution in [2.75, 3.05) is 13.2 Å². The lowest BCUT2D eigenvalue weighted by Crippen LogP contribution is -2.45. The first-order valence-corrected chi connectivity index (χ1v) is 34.6. The second kappa shape index (κ2) is 65.9. The second-order valence-electron chi connectivity index (χ2n) is 23.9. The predicted octanol–water partition coefficient (Wildman–Crippen LogP) is 22.1. The lowest BCUT2D eigenvalue weighted by molar-refractivity contribution is -0.143. The van der Waals surface area contributed by atoms with Crippen molar-refractivity contribution in [2.24, 2.45) is 0 Å². The first kappa shape index (κ1) is 74.3. The van der Waals surface area contributed by atoms with Gasteiger partial charge in [-0.05, 0) is 57.8 Å². The van der Waals surface area contributed by atoms with Crippen molar-refractivity contribution in [3.8, 4) is 0 Å². The summed E-state index contributed by atoms with van der Waals surface area (Å²) in [6, 6.07) is -0.538. The molecule has 0 radical (unpaired) electrons. The van der Waals surface area contributed by atoms with Crippen molar-refractivity contribution in [3.05, 3.63) is 24.3 Å². The third-order valence-electron chi connectivity index (χ3n) is 16.3. The van der Waals surface area contributed by atoms with Crippen molar-refractivity contribution >= 4 is 11.9 Å². The number of unbranched alkanes of at least 4 members (excludes halogenated alkanes) is 50. The Hall–Kier alpha value is -1.66. The third kappa shape index (κ3) is 61.6. The molecule has 0 bridgehead atoms. The lowest BCUT2D eigenvalue weighted by atomic mass is 10.0. The van der Waals surface area contributed by atoms with Gasteiger partial charge in [-0.15, -0.1) is 0 Å². The third-order valence-corrected chi connectivity index (χ3v) is 16.3. The monoisotopic (exact) mass is 1070 g/mol. The Balaban J connectivity index is 3.34. The number of aliphatic hydroxyl groups is 2. The van der Waals surface area contributed by atoms with Gasteiger partial charge in [0, 0.05) is 12.8 Å². The van der Waals surface area contributed by atoms with Crippen LogP contribution in [-0.2, 0) is 14.3 Å². The van der Waals surface area contributed by atoms with Crippen molar-refractivity contribution in [1.29, 1.82) is 0 Å². The molecular weight excluding hydrogens is 935 g/mol. The molecule has 1 amide bonds. The summed E-state index contributed by atoms with van der Waals surface area (Å²) in [6.45, 7) is 4.97. The van der Waals surface area contributed by atoms with Crippen LogP contribution in [-0.4, -0.2) is 47.4 Å². The quantitative estimate of drug-likeness (QED) is 0.0320.